The molecule has 1 aromatic rings. The summed E-state index contributed by atoms with van der Waals surface area (Å²) in [6, 6.07) is 8.38. The fourth-order valence-corrected chi connectivity index (χ4v) is 3.05. The fourth-order valence-electron chi connectivity index (χ4n) is 3.05. The maximum absolute atomic E-state index is 12.6. The Morgan fingerprint density at radius 3 is 2.64 bits per heavy atom. The van der Waals surface area contributed by atoms with Gasteiger partial charge in [0.05, 0.1) is 12.6 Å². The van der Waals surface area contributed by atoms with Crippen molar-refractivity contribution in [1.82, 2.24) is 10.2 Å². The van der Waals surface area contributed by atoms with Crippen molar-refractivity contribution in [2.24, 2.45) is 11.8 Å². The molecule has 2 amide bonds. The summed E-state index contributed by atoms with van der Waals surface area (Å²) in [4.78, 5) is 14.4. The van der Waals surface area contributed by atoms with Crippen LogP contribution in [0.1, 0.15) is 42.9 Å². The molecule has 2 aliphatic carbocycles. The average Bonchev–Trinajstić information content (AvgIpc) is 3.38. The summed E-state index contributed by atoms with van der Waals surface area (Å²) in [6.07, 6.45) is 4.78. The summed E-state index contributed by atoms with van der Waals surface area (Å²) in [6.45, 7) is 3.33. The Hall–Kier alpha value is -1.55. The average molecular weight is 302 g/mol. The molecule has 1 atom stereocenters. The lowest BCUT2D eigenvalue weighted by Crippen LogP contribution is -2.44. The monoisotopic (exact) mass is 302 g/mol. The molecule has 0 aliphatic heterocycles. The molecule has 2 N–H and O–H groups in total. The second-order valence-electron chi connectivity index (χ2n) is 6.73. The van der Waals surface area contributed by atoms with E-state index in [-0.39, 0.29) is 18.7 Å². The number of hydrogen-bond donors (Lipinski definition) is 2. The molecule has 0 saturated heterocycles. The number of rotatable bonds is 7. The van der Waals surface area contributed by atoms with Crippen LogP contribution in [0.25, 0.3) is 0 Å². The number of nitrogens with one attached hydrogen (secondary N) is 1. The SMILES string of the molecule is Cc1ccccc1[C@H](NC(=O)N(CCO)CC1CC1)C1CC1. The zero-order chi connectivity index (χ0) is 15.5. The number of aliphatic hydroxyl groups excluding tert-OH is 1. The Bertz CT molecular complexity index is 524. The van der Waals surface area contributed by atoms with Gasteiger partial charge in [0.25, 0.3) is 0 Å². The summed E-state index contributed by atoms with van der Waals surface area (Å²) < 4.78 is 0. The maximum Gasteiger partial charge on any atom is 0.317 e. The largest absolute Gasteiger partial charge is 0.395 e. The third-order valence-electron chi connectivity index (χ3n) is 4.73. The molecule has 0 spiro atoms. The van der Waals surface area contributed by atoms with Gasteiger partial charge in [0, 0.05) is 13.1 Å². The van der Waals surface area contributed by atoms with Gasteiger partial charge in [-0.2, -0.15) is 0 Å². The van der Waals surface area contributed by atoms with Gasteiger partial charge < -0.3 is 15.3 Å². The van der Waals surface area contributed by atoms with Crippen LogP contribution < -0.4 is 5.32 Å². The van der Waals surface area contributed by atoms with E-state index in [1.165, 1.54) is 36.8 Å². The lowest BCUT2D eigenvalue weighted by atomic mass is 9.98. The lowest BCUT2D eigenvalue weighted by molar-refractivity contribution is 0.170. The summed E-state index contributed by atoms with van der Waals surface area (Å²) in [5, 5.41) is 12.4. The summed E-state index contributed by atoms with van der Waals surface area (Å²) >= 11 is 0. The van der Waals surface area contributed by atoms with Crippen molar-refractivity contribution in [2.75, 3.05) is 19.7 Å². The van der Waals surface area contributed by atoms with Crippen LogP contribution in [0, 0.1) is 18.8 Å². The van der Waals surface area contributed by atoms with Crippen molar-refractivity contribution in [1.29, 1.82) is 0 Å². The Labute approximate surface area is 132 Å². The third kappa shape index (κ3) is 3.80. The predicted octanol–water partition coefficient (Wildman–Crippen LogP) is 2.86. The number of aryl methyl sites for hydroxylation is 1. The molecule has 0 radical (unpaired) electrons. The number of benzene rings is 1. The minimum absolute atomic E-state index is 0.0264. The van der Waals surface area contributed by atoms with E-state index in [0.717, 1.165) is 6.54 Å². The molecular weight excluding hydrogens is 276 g/mol. The van der Waals surface area contributed by atoms with Crippen LogP contribution in [-0.4, -0.2) is 35.7 Å². The number of urea groups is 1. The number of amides is 2. The van der Waals surface area contributed by atoms with Crippen molar-refractivity contribution in [3.05, 3.63) is 35.4 Å². The Morgan fingerprint density at radius 2 is 2.05 bits per heavy atom. The van der Waals surface area contributed by atoms with Gasteiger partial charge in [-0.15, -0.1) is 0 Å². The zero-order valence-electron chi connectivity index (χ0n) is 13.3. The molecule has 120 valence electrons. The topological polar surface area (TPSA) is 52.6 Å². The minimum Gasteiger partial charge on any atom is -0.395 e. The van der Waals surface area contributed by atoms with Gasteiger partial charge in [-0.05, 0) is 55.6 Å². The van der Waals surface area contributed by atoms with Crippen LogP contribution in [0.3, 0.4) is 0 Å². The molecule has 0 heterocycles. The first-order valence-corrected chi connectivity index (χ1v) is 8.41. The highest BCUT2D eigenvalue weighted by Crippen LogP contribution is 2.42. The number of hydrogen-bond acceptors (Lipinski definition) is 2. The van der Waals surface area contributed by atoms with Gasteiger partial charge in [0.1, 0.15) is 0 Å². The fraction of sp³-hybridized carbons (Fsp3) is 0.611. The number of nitrogens with zero attached hydrogens (tertiary/aromatic N) is 1. The molecule has 2 saturated carbocycles. The molecule has 4 heteroatoms. The van der Waals surface area contributed by atoms with Crippen molar-refractivity contribution in [2.45, 2.75) is 38.6 Å². The van der Waals surface area contributed by atoms with Gasteiger partial charge in [-0.25, -0.2) is 4.79 Å². The first-order valence-electron chi connectivity index (χ1n) is 8.41. The first-order chi connectivity index (χ1) is 10.7. The first kappa shape index (κ1) is 15.3. The van der Waals surface area contributed by atoms with E-state index in [4.69, 9.17) is 0 Å². The normalized spacial score (nSPS) is 18.8. The molecule has 0 aromatic heterocycles. The third-order valence-corrected chi connectivity index (χ3v) is 4.73. The molecule has 3 rings (SSSR count). The summed E-state index contributed by atoms with van der Waals surface area (Å²) in [7, 11) is 0. The maximum atomic E-state index is 12.6. The molecular formula is C18H26N2O2. The molecule has 4 nitrogen and oxygen atoms in total. The standard InChI is InChI=1S/C18H26N2O2/c1-13-4-2-3-5-16(13)17(15-8-9-15)19-18(22)20(10-11-21)12-14-6-7-14/h2-5,14-15,17,21H,6-12H2,1H3,(H,19,22)/t17-/m1/s1. The Balaban J connectivity index is 1.69. The summed E-state index contributed by atoms with van der Waals surface area (Å²) in [5.41, 5.74) is 2.46. The van der Waals surface area contributed by atoms with E-state index in [1.807, 2.05) is 12.1 Å². The predicted molar refractivity (Wildman–Crippen MR) is 86.6 cm³/mol. The van der Waals surface area contributed by atoms with E-state index >= 15 is 0 Å². The van der Waals surface area contributed by atoms with Crippen LogP contribution in [0.4, 0.5) is 4.79 Å². The smallest absolute Gasteiger partial charge is 0.317 e. The number of aliphatic hydroxyl groups is 1. The highest BCUT2D eigenvalue weighted by atomic mass is 16.3. The summed E-state index contributed by atoms with van der Waals surface area (Å²) in [5.74, 6) is 1.19. The lowest BCUT2D eigenvalue weighted by Gasteiger charge is -2.27. The van der Waals surface area contributed by atoms with E-state index < -0.39 is 0 Å². The number of carbonyl (C=O) groups excluding carboxylic acids is 1. The second kappa shape index (κ2) is 6.69. The molecule has 0 bridgehead atoms. The second-order valence-corrected chi connectivity index (χ2v) is 6.73. The molecule has 0 unspecified atom stereocenters. The van der Waals surface area contributed by atoms with Crippen LogP contribution >= 0.6 is 0 Å². The van der Waals surface area contributed by atoms with Gasteiger partial charge in [0.15, 0.2) is 0 Å². The van der Waals surface area contributed by atoms with E-state index in [9.17, 15) is 9.90 Å². The van der Waals surface area contributed by atoms with Crippen molar-refractivity contribution < 1.29 is 9.90 Å². The van der Waals surface area contributed by atoms with Gasteiger partial charge in [0.2, 0.25) is 0 Å². The Kier molecular flexibility index (Phi) is 4.67. The van der Waals surface area contributed by atoms with Crippen LogP contribution in [0.2, 0.25) is 0 Å². The molecule has 2 fully saturated rings. The zero-order valence-corrected chi connectivity index (χ0v) is 13.3. The molecule has 2 aliphatic rings. The van der Waals surface area contributed by atoms with Gasteiger partial charge in [-0.1, -0.05) is 24.3 Å². The van der Waals surface area contributed by atoms with E-state index in [1.54, 1.807) is 4.90 Å². The van der Waals surface area contributed by atoms with Crippen LogP contribution in [-0.2, 0) is 0 Å². The molecule has 1 aromatic carbocycles. The van der Waals surface area contributed by atoms with E-state index in [2.05, 4.69) is 24.4 Å². The van der Waals surface area contributed by atoms with Crippen molar-refractivity contribution in [3.8, 4) is 0 Å². The van der Waals surface area contributed by atoms with Gasteiger partial charge >= 0.3 is 6.03 Å². The van der Waals surface area contributed by atoms with Crippen LogP contribution in [0.15, 0.2) is 24.3 Å². The highest BCUT2D eigenvalue weighted by Gasteiger charge is 2.35. The van der Waals surface area contributed by atoms with Crippen LogP contribution in [0.5, 0.6) is 0 Å². The minimum atomic E-state index is -0.0268. The molecule has 22 heavy (non-hydrogen) atoms. The highest BCUT2D eigenvalue weighted by molar-refractivity contribution is 5.75. The Morgan fingerprint density at radius 1 is 1.32 bits per heavy atom. The quantitative estimate of drug-likeness (QED) is 0.814. The number of carbonyl (C=O) groups is 1. The van der Waals surface area contributed by atoms with E-state index in [0.29, 0.717) is 18.4 Å². The van der Waals surface area contributed by atoms with Crippen molar-refractivity contribution >= 4 is 6.03 Å². The van der Waals surface area contributed by atoms with Gasteiger partial charge in [-0.3, -0.25) is 0 Å². The van der Waals surface area contributed by atoms with Crippen molar-refractivity contribution in [3.63, 3.8) is 0 Å².